The van der Waals surface area contributed by atoms with E-state index in [4.69, 9.17) is 9.84 Å². The number of carboxylic acids is 1. The standard InChI is InChI=1S/C14H17Br2NO3/c15-12-2-1-10(7-13(12)16)8-17-5-3-11(4-6-17)20-9-14(18)19/h1-2,7,11H,3-6,8-9H2,(H,18,19). The molecule has 0 radical (unpaired) electrons. The van der Waals surface area contributed by atoms with Gasteiger partial charge in [-0.05, 0) is 62.4 Å². The minimum atomic E-state index is -0.896. The number of halogens is 2. The zero-order chi connectivity index (χ0) is 14.5. The van der Waals surface area contributed by atoms with E-state index in [0.29, 0.717) is 0 Å². The lowest BCUT2D eigenvalue weighted by Crippen LogP contribution is -2.37. The Morgan fingerprint density at radius 3 is 2.60 bits per heavy atom. The maximum absolute atomic E-state index is 10.5. The lowest BCUT2D eigenvalue weighted by molar-refractivity contribution is -0.145. The summed E-state index contributed by atoms with van der Waals surface area (Å²) < 4.78 is 7.46. The summed E-state index contributed by atoms with van der Waals surface area (Å²) >= 11 is 6.98. The second kappa shape index (κ2) is 7.54. The van der Waals surface area contributed by atoms with Crippen LogP contribution in [-0.2, 0) is 16.1 Å². The smallest absolute Gasteiger partial charge is 0.329 e. The molecule has 110 valence electrons. The van der Waals surface area contributed by atoms with Crippen molar-refractivity contribution in [3.05, 3.63) is 32.7 Å². The van der Waals surface area contributed by atoms with Crippen LogP contribution in [0, 0.1) is 0 Å². The molecule has 0 aliphatic carbocycles. The van der Waals surface area contributed by atoms with Crippen molar-refractivity contribution >= 4 is 37.8 Å². The molecule has 0 aromatic heterocycles. The van der Waals surface area contributed by atoms with Crippen molar-refractivity contribution in [2.24, 2.45) is 0 Å². The number of rotatable bonds is 5. The zero-order valence-electron chi connectivity index (χ0n) is 11.0. The summed E-state index contributed by atoms with van der Waals surface area (Å²) in [4.78, 5) is 12.8. The van der Waals surface area contributed by atoms with E-state index in [2.05, 4.69) is 48.9 Å². The van der Waals surface area contributed by atoms with Crippen LogP contribution in [0.4, 0.5) is 0 Å². The lowest BCUT2D eigenvalue weighted by atomic mass is 10.1. The fraction of sp³-hybridized carbons (Fsp3) is 0.500. The predicted molar refractivity (Wildman–Crippen MR) is 83.7 cm³/mol. The van der Waals surface area contributed by atoms with Crippen molar-refractivity contribution in [1.82, 2.24) is 4.90 Å². The molecule has 4 nitrogen and oxygen atoms in total. The Bertz CT molecular complexity index is 473. The van der Waals surface area contributed by atoms with E-state index in [1.54, 1.807) is 0 Å². The zero-order valence-corrected chi connectivity index (χ0v) is 14.2. The summed E-state index contributed by atoms with van der Waals surface area (Å²) in [7, 11) is 0. The fourth-order valence-corrected chi connectivity index (χ4v) is 2.99. The monoisotopic (exact) mass is 405 g/mol. The first-order valence-electron chi connectivity index (χ1n) is 6.54. The number of hydrogen-bond acceptors (Lipinski definition) is 3. The molecule has 6 heteroatoms. The Morgan fingerprint density at radius 1 is 1.30 bits per heavy atom. The second-order valence-electron chi connectivity index (χ2n) is 4.93. The average Bonchev–Trinajstić information content (AvgIpc) is 2.42. The van der Waals surface area contributed by atoms with Crippen LogP contribution in [-0.4, -0.2) is 41.8 Å². The molecule has 0 bridgehead atoms. The number of piperidine rings is 1. The Morgan fingerprint density at radius 2 is 2.00 bits per heavy atom. The highest BCUT2D eigenvalue weighted by atomic mass is 79.9. The molecule has 1 aromatic rings. The van der Waals surface area contributed by atoms with Gasteiger partial charge in [0.25, 0.3) is 0 Å². The van der Waals surface area contributed by atoms with Crippen molar-refractivity contribution in [1.29, 1.82) is 0 Å². The normalized spacial score (nSPS) is 17.3. The first-order chi connectivity index (χ1) is 9.54. The maximum atomic E-state index is 10.5. The molecule has 1 aliphatic rings. The number of nitrogens with zero attached hydrogens (tertiary/aromatic N) is 1. The Kier molecular flexibility index (Phi) is 6.01. The van der Waals surface area contributed by atoms with E-state index >= 15 is 0 Å². The summed E-state index contributed by atoms with van der Waals surface area (Å²) in [6.45, 7) is 2.61. The molecule has 20 heavy (non-hydrogen) atoms. The number of carboxylic acid groups (broad SMARTS) is 1. The topological polar surface area (TPSA) is 49.8 Å². The van der Waals surface area contributed by atoms with Gasteiger partial charge in [0.1, 0.15) is 6.61 Å². The van der Waals surface area contributed by atoms with Crippen LogP contribution in [0.25, 0.3) is 0 Å². The summed E-state index contributed by atoms with van der Waals surface area (Å²) in [6.07, 6.45) is 1.87. The molecule has 1 heterocycles. The summed E-state index contributed by atoms with van der Waals surface area (Å²) in [5.74, 6) is -0.896. The van der Waals surface area contributed by atoms with Crippen LogP contribution < -0.4 is 0 Å². The molecule has 0 saturated carbocycles. The van der Waals surface area contributed by atoms with Gasteiger partial charge >= 0.3 is 5.97 Å². The molecule has 2 rings (SSSR count). The highest BCUT2D eigenvalue weighted by Gasteiger charge is 2.20. The van der Waals surface area contributed by atoms with Gasteiger partial charge in [-0.2, -0.15) is 0 Å². The molecule has 1 aromatic carbocycles. The summed E-state index contributed by atoms with van der Waals surface area (Å²) in [6, 6.07) is 6.28. The molecule has 0 unspecified atom stereocenters. The average molecular weight is 407 g/mol. The van der Waals surface area contributed by atoms with Crippen LogP contribution in [0.3, 0.4) is 0 Å². The number of likely N-dealkylation sites (tertiary alicyclic amines) is 1. The Balaban J connectivity index is 1.79. The molecule has 0 amide bonds. The second-order valence-corrected chi connectivity index (χ2v) is 6.64. The highest BCUT2D eigenvalue weighted by molar-refractivity contribution is 9.13. The quantitative estimate of drug-likeness (QED) is 0.815. The third-order valence-electron chi connectivity index (χ3n) is 3.37. The van der Waals surface area contributed by atoms with E-state index in [1.165, 1.54) is 5.56 Å². The Labute approximate surface area is 135 Å². The summed E-state index contributed by atoms with van der Waals surface area (Å²) in [5.41, 5.74) is 1.27. The molecule has 0 atom stereocenters. The third-order valence-corrected chi connectivity index (χ3v) is 5.25. The minimum Gasteiger partial charge on any atom is -0.480 e. The molecule has 1 saturated heterocycles. The Hall–Kier alpha value is -0.430. The van der Waals surface area contributed by atoms with Gasteiger partial charge < -0.3 is 9.84 Å². The maximum Gasteiger partial charge on any atom is 0.329 e. The van der Waals surface area contributed by atoms with Crippen LogP contribution in [0.5, 0.6) is 0 Å². The molecule has 1 N–H and O–H groups in total. The van der Waals surface area contributed by atoms with Crippen molar-refractivity contribution < 1.29 is 14.6 Å². The van der Waals surface area contributed by atoms with Gasteiger partial charge in [0, 0.05) is 28.6 Å². The first kappa shape index (κ1) is 15.9. The van der Waals surface area contributed by atoms with E-state index in [0.717, 1.165) is 41.4 Å². The summed E-state index contributed by atoms with van der Waals surface area (Å²) in [5, 5.41) is 8.60. The van der Waals surface area contributed by atoms with Crippen LogP contribution in [0.15, 0.2) is 27.1 Å². The van der Waals surface area contributed by atoms with Crippen LogP contribution >= 0.6 is 31.9 Å². The first-order valence-corrected chi connectivity index (χ1v) is 8.13. The lowest BCUT2D eigenvalue weighted by Gasteiger charge is -2.31. The number of ether oxygens (including phenoxy) is 1. The van der Waals surface area contributed by atoms with Crippen molar-refractivity contribution in [3.8, 4) is 0 Å². The van der Waals surface area contributed by atoms with Gasteiger partial charge in [0.2, 0.25) is 0 Å². The van der Waals surface area contributed by atoms with Crippen LogP contribution in [0.1, 0.15) is 18.4 Å². The van der Waals surface area contributed by atoms with Gasteiger partial charge in [0.05, 0.1) is 6.10 Å². The van der Waals surface area contributed by atoms with Crippen molar-refractivity contribution in [3.63, 3.8) is 0 Å². The number of aliphatic carboxylic acids is 1. The van der Waals surface area contributed by atoms with E-state index in [-0.39, 0.29) is 12.7 Å². The van der Waals surface area contributed by atoms with Crippen molar-refractivity contribution in [2.75, 3.05) is 19.7 Å². The minimum absolute atomic E-state index is 0.0824. The largest absolute Gasteiger partial charge is 0.480 e. The van der Waals surface area contributed by atoms with Crippen molar-refractivity contribution in [2.45, 2.75) is 25.5 Å². The number of benzene rings is 1. The molecular formula is C14H17Br2NO3. The van der Waals surface area contributed by atoms with Crippen LogP contribution in [0.2, 0.25) is 0 Å². The van der Waals surface area contributed by atoms with Gasteiger partial charge in [0.15, 0.2) is 0 Å². The SMILES string of the molecule is O=C(O)COC1CCN(Cc2ccc(Br)c(Br)c2)CC1. The van der Waals surface area contributed by atoms with E-state index in [9.17, 15) is 4.79 Å². The third kappa shape index (κ3) is 4.84. The molecule has 0 spiro atoms. The fourth-order valence-electron chi connectivity index (χ4n) is 2.32. The number of hydrogen-bond donors (Lipinski definition) is 1. The molecular weight excluding hydrogens is 390 g/mol. The van der Waals surface area contributed by atoms with E-state index < -0.39 is 5.97 Å². The van der Waals surface area contributed by atoms with E-state index in [1.807, 2.05) is 6.07 Å². The van der Waals surface area contributed by atoms with Gasteiger partial charge in [-0.25, -0.2) is 4.79 Å². The van der Waals surface area contributed by atoms with Gasteiger partial charge in [-0.15, -0.1) is 0 Å². The molecule has 1 fully saturated rings. The highest BCUT2D eigenvalue weighted by Crippen LogP contribution is 2.25. The number of carbonyl (C=O) groups is 1. The van der Waals surface area contributed by atoms with Gasteiger partial charge in [-0.1, -0.05) is 6.07 Å². The predicted octanol–water partition coefficient (Wildman–Crippen LogP) is 3.28. The van der Waals surface area contributed by atoms with Gasteiger partial charge in [-0.3, -0.25) is 4.90 Å². The molecule has 1 aliphatic heterocycles.